The lowest BCUT2D eigenvalue weighted by molar-refractivity contribution is 0.101. The predicted octanol–water partition coefficient (Wildman–Crippen LogP) is 7.22. The Bertz CT molecular complexity index is 1110. The molecule has 0 atom stereocenters. The SMILES string of the molecule is CCCCCCOc1ccc(C(=O)Nc2cccc(C(=O)Nc3cccc(C)c3)c2)cc1Br. The van der Waals surface area contributed by atoms with Crippen LogP contribution in [-0.4, -0.2) is 18.4 Å². The highest BCUT2D eigenvalue weighted by Gasteiger charge is 2.12. The number of nitrogens with one attached hydrogen (secondary N) is 2. The molecule has 0 saturated heterocycles. The molecule has 0 saturated carbocycles. The van der Waals surface area contributed by atoms with E-state index in [1.165, 1.54) is 12.8 Å². The Labute approximate surface area is 203 Å². The van der Waals surface area contributed by atoms with Gasteiger partial charge in [0.25, 0.3) is 11.8 Å². The van der Waals surface area contributed by atoms with Crippen molar-refractivity contribution in [3.8, 4) is 5.75 Å². The number of carbonyl (C=O) groups excluding carboxylic acids is 2. The summed E-state index contributed by atoms with van der Waals surface area (Å²) in [4.78, 5) is 25.4. The quantitative estimate of drug-likeness (QED) is 0.284. The Morgan fingerprint density at radius 1 is 0.818 bits per heavy atom. The zero-order valence-corrected chi connectivity index (χ0v) is 20.6. The minimum Gasteiger partial charge on any atom is -0.492 e. The van der Waals surface area contributed by atoms with Crippen molar-refractivity contribution in [2.24, 2.45) is 0 Å². The largest absolute Gasteiger partial charge is 0.492 e. The minimum atomic E-state index is -0.263. The maximum absolute atomic E-state index is 12.7. The van der Waals surface area contributed by atoms with Crippen molar-refractivity contribution in [1.29, 1.82) is 0 Å². The zero-order valence-electron chi connectivity index (χ0n) is 19.0. The number of anilines is 2. The first-order valence-electron chi connectivity index (χ1n) is 11.2. The topological polar surface area (TPSA) is 67.4 Å². The van der Waals surface area contributed by atoms with E-state index in [9.17, 15) is 9.59 Å². The molecule has 0 heterocycles. The molecule has 0 aliphatic rings. The Kier molecular flexibility index (Phi) is 9.07. The van der Waals surface area contributed by atoms with Crippen molar-refractivity contribution in [1.82, 2.24) is 0 Å². The van der Waals surface area contributed by atoms with E-state index in [1.54, 1.807) is 42.5 Å². The summed E-state index contributed by atoms with van der Waals surface area (Å²) in [6, 6.07) is 19.7. The summed E-state index contributed by atoms with van der Waals surface area (Å²) in [5.41, 5.74) is 3.29. The molecule has 0 spiro atoms. The van der Waals surface area contributed by atoms with E-state index in [4.69, 9.17) is 4.74 Å². The summed E-state index contributed by atoms with van der Waals surface area (Å²) in [6.45, 7) is 4.80. The van der Waals surface area contributed by atoms with Crippen molar-refractivity contribution < 1.29 is 14.3 Å². The molecule has 0 aliphatic carbocycles. The fourth-order valence-corrected chi connectivity index (χ4v) is 3.83. The van der Waals surface area contributed by atoms with Crippen LogP contribution in [0.1, 0.15) is 58.9 Å². The van der Waals surface area contributed by atoms with Crippen LogP contribution >= 0.6 is 15.9 Å². The third kappa shape index (κ3) is 7.46. The Morgan fingerprint density at radius 3 is 2.15 bits per heavy atom. The monoisotopic (exact) mass is 508 g/mol. The lowest BCUT2D eigenvalue weighted by Gasteiger charge is -2.11. The van der Waals surface area contributed by atoms with Gasteiger partial charge in [-0.3, -0.25) is 9.59 Å². The van der Waals surface area contributed by atoms with Crippen molar-refractivity contribution in [3.05, 3.63) is 87.9 Å². The molecule has 2 amide bonds. The van der Waals surface area contributed by atoms with Gasteiger partial charge in [-0.05, 0) is 83.4 Å². The number of rotatable bonds is 10. The lowest BCUT2D eigenvalue weighted by Crippen LogP contribution is -2.15. The van der Waals surface area contributed by atoms with Crippen LogP contribution in [0.15, 0.2) is 71.2 Å². The first-order chi connectivity index (χ1) is 16.0. The summed E-state index contributed by atoms with van der Waals surface area (Å²) in [5.74, 6) is 0.221. The highest BCUT2D eigenvalue weighted by Crippen LogP contribution is 2.27. The van der Waals surface area contributed by atoms with Crippen LogP contribution in [0.3, 0.4) is 0 Å². The summed E-state index contributed by atoms with van der Waals surface area (Å²) in [6.07, 6.45) is 4.55. The van der Waals surface area contributed by atoms with E-state index >= 15 is 0 Å². The molecule has 33 heavy (non-hydrogen) atoms. The molecular weight excluding hydrogens is 480 g/mol. The van der Waals surface area contributed by atoms with Crippen molar-refractivity contribution in [2.75, 3.05) is 17.2 Å². The summed E-state index contributed by atoms with van der Waals surface area (Å²) in [5, 5.41) is 5.74. The van der Waals surface area contributed by atoms with Gasteiger partial charge >= 0.3 is 0 Å². The average Bonchev–Trinajstić information content (AvgIpc) is 2.80. The molecule has 172 valence electrons. The smallest absolute Gasteiger partial charge is 0.255 e. The van der Waals surface area contributed by atoms with Gasteiger partial charge in [0.15, 0.2) is 0 Å². The molecule has 3 rings (SSSR count). The molecular formula is C27H29BrN2O3. The molecule has 0 radical (unpaired) electrons. The second-order valence-corrected chi connectivity index (χ2v) is 8.77. The Balaban J connectivity index is 1.61. The van der Waals surface area contributed by atoms with E-state index in [2.05, 4.69) is 33.5 Å². The molecule has 3 aromatic rings. The van der Waals surface area contributed by atoms with E-state index in [-0.39, 0.29) is 11.8 Å². The number of hydrogen-bond donors (Lipinski definition) is 2. The number of benzene rings is 3. The van der Waals surface area contributed by atoms with Gasteiger partial charge in [0.05, 0.1) is 11.1 Å². The van der Waals surface area contributed by atoms with Gasteiger partial charge in [-0.1, -0.05) is 44.4 Å². The van der Waals surface area contributed by atoms with Crippen molar-refractivity contribution in [2.45, 2.75) is 39.5 Å². The van der Waals surface area contributed by atoms with Crippen LogP contribution in [-0.2, 0) is 0 Å². The molecule has 0 fully saturated rings. The number of aryl methyl sites for hydroxylation is 1. The number of hydrogen-bond acceptors (Lipinski definition) is 3. The number of unbranched alkanes of at least 4 members (excludes halogenated alkanes) is 3. The highest BCUT2D eigenvalue weighted by molar-refractivity contribution is 9.10. The molecule has 3 aromatic carbocycles. The Hall–Kier alpha value is -3.12. The highest BCUT2D eigenvalue weighted by atomic mass is 79.9. The number of carbonyl (C=O) groups is 2. The van der Waals surface area contributed by atoms with Crippen LogP contribution in [0.2, 0.25) is 0 Å². The fraction of sp³-hybridized carbons (Fsp3) is 0.259. The van der Waals surface area contributed by atoms with Gasteiger partial charge < -0.3 is 15.4 Å². The number of ether oxygens (including phenoxy) is 1. The number of halogens is 1. The fourth-order valence-electron chi connectivity index (χ4n) is 3.34. The second-order valence-electron chi connectivity index (χ2n) is 7.91. The second kappa shape index (κ2) is 12.2. The van der Waals surface area contributed by atoms with Crippen LogP contribution in [0.4, 0.5) is 11.4 Å². The summed E-state index contributed by atoms with van der Waals surface area (Å²) < 4.78 is 6.54. The van der Waals surface area contributed by atoms with Crippen LogP contribution in [0.5, 0.6) is 5.75 Å². The Morgan fingerprint density at radius 2 is 1.48 bits per heavy atom. The van der Waals surface area contributed by atoms with Crippen LogP contribution in [0.25, 0.3) is 0 Å². The van der Waals surface area contributed by atoms with Gasteiger partial charge in [0.1, 0.15) is 5.75 Å². The van der Waals surface area contributed by atoms with Gasteiger partial charge in [0, 0.05) is 22.5 Å². The molecule has 0 aromatic heterocycles. The van der Waals surface area contributed by atoms with Gasteiger partial charge in [0.2, 0.25) is 0 Å². The maximum Gasteiger partial charge on any atom is 0.255 e. The molecule has 2 N–H and O–H groups in total. The lowest BCUT2D eigenvalue weighted by atomic mass is 10.1. The van der Waals surface area contributed by atoms with Crippen molar-refractivity contribution >= 4 is 39.1 Å². The maximum atomic E-state index is 12.7. The molecule has 6 heteroatoms. The van der Waals surface area contributed by atoms with Gasteiger partial charge in [-0.2, -0.15) is 0 Å². The number of amides is 2. The van der Waals surface area contributed by atoms with E-state index < -0.39 is 0 Å². The van der Waals surface area contributed by atoms with Crippen LogP contribution < -0.4 is 15.4 Å². The van der Waals surface area contributed by atoms with Crippen LogP contribution in [0, 0.1) is 6.92 Å². The predicted molar refractivity (Wildman–Crippen MR) is 137 cm³/mol. The summed E-state index contributed by atoms with van der Waals surface area (Å²) >= 11 is 3.49. The van der Waals surface area contributed by atoms with E-state index in [0.717, 1.165) is 34.3 Å². The first-order valence-corrected chi connectivity index (χ1v) is 12.0. The molecule has 0 bridgehead atoms. The third-order valence-corrected chi connectivity index (χ3v) is 5.73. The van der Waals surface area contributed by atoms with Gasteiger partial charge in [-0.25, -0.2) is 0 Å². The zero-order chi connectivity index (χ0) is 23.6. The summed E-state index contributed by atoms with van der Waals surface area (Å²) in [7, 11) is 0. The average molecular weight is 509 g/mol. The molecule has 5 nitrogen and oxygen atoms in total. The third-order valence-electron chi connectivity index (χ3n) is 5.11. The van der Waals surface area contributed by atoms with Gasteiger partial charge in [-0.15, -0.1) is 0 Å². The molecule has 0 unspecified atom stereocenters. The van der Waals surface area contributed by atoms with Crippen molar-refractivity contribution in [3.63, 3.8) is 0 Å². The molecule has 0 aliphatic heterocycles. The van der Waals surface area contributed by atoms with E-state index in [1.807, 2.05) is 31.2 Å². The first kappa shape index (κ1) is 24.5. The minimum absolute atomic E-state index is 0.236. The van der Waals surface area contributed by atoms with E-state index in [0.29, 0.717) is 23.4 Å². The standard InChI is InChI=1S/C27H29BrN2O3/c1-3-4-5-6-15-33-25-14-13-21(18-24(25)28)27(32)30-23-12-8-10-20(17-23)26(31)29-22-11-7-9-19(2)16-22/h7-14,16-18H,3-6,15H2,1-2H3,(H,29,31)(H,30,32). The normalized spacial score (nSPS) is 10.5.